The highest BCUT2D eigenvalue weighted by molar-refractivity contribution is 8.40. The van der Waals surface area contributed by atoms with E-state index in [4.69, 9.17) is 10.00 Å². The summed E-state index contributed by atoms with van der Waals surface area (Å²) in [5.74, 6) is -0.279. The zero-order chi connectivity index (χ0) is 24.3. The number of nitriles is 1. The van der Waals surface area contributed by atoms with Crippen molar-refractivity contribution in [1.29, 1.82) is 5.26 Å². The number of para-hydroxylation sites is 1. The van der Waals surface area contributed by atoms with Crippen LogP contribution in [0.1, 0.15) is 19.3 Å². The van der Waals surface area contributed by atoms with E-state index >= 15 is 0 Å². The van der Waals surface area contributed by atoms with Crippen molar-refractivity contribution in [3.63, 3.8) is 0 Å². The van der Waals surface area contributed by atoms with Gasteiger partial charge in [-0.25, -0.2) is 16.8 Å². The highest BCUT2D eigenvalue weighted by Gasteiger charge is 2.65. The normalized spacial score (nSPS) is 14.3. The summed E-state index contributed by atoms with van der Waals surface area (Å²) in [4.78, 5) is -0.462. The largest absolute Gasteiger partial charge is 0.513 e. The number of halogens is 6. The van der Waals surface area contributed by atoms with Crippen LogP contribution in [-0.2, 0) is 20.0 Å². The lowest BCUT2D eigenvalue weighted by atomic mass is 10.2. The van der Waals surface area contributed by atoms with Gasteiger partial charge in [-0.3, -0.25) is 0 Å². The van der Waals surface area contributed by atoms with E-state index in [1.54, 1.807) is 0 Å². The molecule has 0 spiro atoms. The summed E-state index contributed by atoms with van der Waals surface area (Å²) in [5, 5.41) is 8.49. The Bertz CT molecular complexity index is 986. The minimum absolute atomic E-state index is 0.0910. The van der Waals surface area contributed by atoms with Gasteiger partial charge in [0.25, 0.3) is 0 Å². The topological polar surface area (TPSA) is 105 Å². The van der Waals surface area contributed by atoms with Crippen LogP contribution in [0, 0.1) is 11.3 Å². The van der Waals surface area contributed by atoms with Crippen molar-refractivity contribution in [2.45, 2.75) is 35.2 Å². The number of nitrogens with zero attached hydrogens (tertiary/aromatic N) is 2. The third-order valence-electron chi connectivity index (χ3n) is 3.68. The molecule has 0 unspecified atom stereocenters. The van der Waals surface area contributed by atoms with Gasteiger partial charge in [-0.05, 0) is 40.6 Å². The van der Waals surface area contributed by atoms with Gasteiger partial charge in [0, 0.05) is 11.3 Å². The minimum atomic E-state index is -6.96. The SMILES string of the molecule is CS(C)(c1ccccc1OCCCCC#N)N(S(=O)(=O)C(F)(F)F)S(=O)(=O)C(F)(F)F. The summed E-state index contributed by atoms with van der Waals surface area (Å²) in [7, 11) is -17.9. The van der Waals surface area contributed by atoms with E-state index < -0.39 is 49.3 Å². The lowest BCUT2D eigenvalue weighted by Crippen LogP contribution is -2.49. The van der Waals surface area contributed by atoms with Gasteiger partial charge in [0.1, 0.15) is 5.75 Å². The van der Waals surface area contributed by atoms with Gasteiger partial charge >= 0.3 is 31.1 Å². The Kier molecular flexibility index (Phi) is 8.31. The predicted octanol–water partition coefficient (Wildman–Crippen LogP) is 4.10. The standard InChI is InChI=1S/C15H18F6N2O5S3/c1-29(2,13-9-5-4-8-12(13)28-11-7-3-6-10-22)23(30(24,25)14(16,17)18)31(26,27)15(19,20)21/h4-5,8-9H,3,6-7,11H2,1-2H3. The summed E-state index contributed by atoms with van der Waals surface area (Å²) < 4.78 is 131. The van der Waals surface area contributed by atoms with E-state index in [1.165, 1.54) is 12.1 Å². The first-order valence-electron chi connectivity index (χ1n) is 8.17. The summed E-state index contributed by atoms with van der Waals surface area (Å²) >= 11 is 0. The zero-order valence-electron chi connectivity index (χ0n) is 16.1. The first-order chi connectivity index (χ1) is 13.9. The van der Waals surface area contributed by atoms with Crippen LogP contribution in [0.15, 0.2) is 29.2 Å². The van der Waals surface area contributed by atoms with Gasteiger partial charge in [0.15, 0.2) is 0 Å². The molecule has 1 aromatic rings. The molecule has 1 rings (SSSR count). The van der Waals surface area contributed by atoms with Gasteiger partial charge in [-0.15, -0.1) is 10.2 Å². The summed E-state index contributed by atoms with van der Waals surface area (Å²) in [6.45, 7) is -0.0910. The second-order valence-electron chi connectivity index (χ2n) is 6.25. The number of benzene rings is 1. The van der Waals surface area contributed by atoms with Crippen LogP contribution < -0.4 is 4.74 Å². The Morgan fingerprint density at radius 2 is 1.42 bits per heavy atom. The molecule has 0 amide bonds. The number of hydrogen-bond donors (Lipinski definition) is 0. The van der Waals surface area contributed by atoms with E-state index in [-0.39, 0.29) is 18.8 Å². The molecule has 16 heteroatoms. The highest BCUT2D eigenvalue weighted by atomic mass is 32.4. The zero-order valence-corrected chi connectivity index (χ0v) is 18.5. The fourth-order valence-corrected chi connectivity index (χ4v) is 10.3. The van der Waals surface area contributed by atoms with Crippen LogP contribution >= 0.6 is 10.2 Å². The first-order valence-corrected chi connectivity index (χ1v) is 13.5. The maximum absolute atomic E-state index is 13.2. The Hall–Kier alpha value is -1.70. The number of hydrogen-bond acceptors (Lipinski definition) is 6. The minimum Gasteiger partial charge on any atom is -0.492 e. The van der Waals surface area contributed by atoms with E-state index in [0.29, 0.717) is 25.4 Å². The molecule has 0 N–H and O–H groups in total. The van der Waals surface area contributed by atoms with Crippen LogP contribution in [0.25, 0.3) is 0 Å². The average Bonchev–Trinajstić information content (AvgIpc) is 2.59. The second kappa shape index (κ2) is 9.43. The monoisotopic (exact) mass is 516 g/mol. The van der Waals surface area contributed by atoms with Gasteiger partial charge in [-0.2, -0.15) is 31.6 Å². The third kappa shape index (κ3) is 5.76. The molecule has 0 atom stereocenters. The number of ether oxygens (including phenoxy) is 1. The van der Waals surface area contributed by atoms with Crippen molar-refractivity contribution in [2.24, 2.45) is 0 Å². The molecule has 0 radical (unpaired) electrons. The van der Waals surface area contributed by atoms with Crippen LogP contribution in [0.5, 0.6) is 5.75 Å². The van der Waals surface area contributed by atoms with Gasteiger partial charge in [0.2, 0.25) is 0 Å². The Balaban J connectivity index is 3.64. The van der Waals surface area contributed by atoms with Crippen LogP contribution in [-0.4, -0.2) is 50.1 Å². The van der Waals surface area contributed by atoms with Crippen molar-refractivity contribution >= 4 is 30.3 Å². The molecule has 0 heterocycles. The lowest BCUT2D eigenvalue weighted by Gasteiger charge is -2.41. The third-order valence-corrected chi connectivity index (χ3v) is 12.4. The molecular formula is C15H18F6N2O5S3. The molecule has 1 aromatic carbocycles. The Labute approximate surface area is 177 Å². The molecule has 0 aliphatic heterocycles. The van der Waals surface area contributed by atoms with Crippen molar-refractivity contribution in [1.82, 2.24) is 3.12 Å². The Morgan fingerprint density at radius 1 is 0.935 bits per heavy atom. The van der Waals surface area contributed by atoms with E-state index in [1.807, 2.05) is 6.07 Å². The van der Waals surface area contributed by atoms with Crippen LogP contribution in [0.4, 0.5) is 26.3 Å². The molecule has 0 saturated carbocycles. The van der Waals surface area contributed by atoms with Crippen LogP contribution in [0.2, 0.25) is 0 Å². The van der Waals surface area contributed by atoms with Crippen LogP contribution in [0.3, 0.4) is 0 Å². The molecular weight excluding hydrogens is 498 g/mol. The molecule has 31 heavy (non-hydrogen) atoms. The molecule has 0 bridgehead atoms. The Morgan fingerprint density at radius 3 is 1.87 bits per heavy atom. The van der Waals surface area contributed by atoms with E-state index in [9.17, 15) is 43.2 Å². The summed E-state index contributed by atoms with van der Waals surface area (Å²) in [6.07, 6.45) is 2.22. The molecule has 0 aliphatic rings. The number of rotatable bonds is 9. The molecule has 0 fully saturated rings. The molecule has 7 nitrogen and oxygen atoms in total. The molecule has 0 saturated heterocycles. The first kappa shape index (κ1) is 27.3. The number of sulfonamides is 2. The van der Waals surface area contributed by atoms with Gasteiger partial charge in [-0.1, -0.05) is 12.1 Å². The number of unbranched alkanes of at least 4 members (excludes halogenated alkanes) is 2. The van der Waals surface area contributed by atoms with Crippen molar-refractivity contribution in [2.75, 3.05) is 19.1 Å². The maximum Gasteiger partial charge on any atom is 0.513 e. The van der Waals surface area contributed by atoms with E-state index in [0.717, 1.165) is 12.1 Å². The maximum atomic E-state index is 13.2. The fraction of sp³-hybridized carbons (Fsp3) is 0.533. The summed E-state index contributed by atoms with van der Waals surface area (Å²) in [6, 6.07) is 6.53. The second-order valence-corrected chi connectivity index (χ2v) is 13.8. The molecule has 0 aromatic heterocycles. The van der Waals surface area contributed by atoms with E-state index in [2.05, 4.69) is 0 Å². The highest BCUT2D eigenvalue weighted by Crippen LogP contribution is 2.61. The van der Waals surface area contributed by atoms with Crippen molar-refractivity contribution in [3.05, 3.63) is 24.3 Å². The summed E-state index contributed by atoms with van der Waals surface area (Å²) in [5.41, 5.74) is -12.6. The van der Waals surface area contributed by atoms with Crippen molar-refractivity contribution < 1.29 is 47.9 Å². The lowest BCUT2D eigenvalue weighted by molar-refractivity contribution is -0.0505. The molecule has 178 valence electrons. The van der Waals surface area contributed by atoms with Gasteiger partial charge in [0.05, 0.1) is 12.7 Å². The van der Waals surface area contributed by atoms with Crippen molar-refractivity contribution in [3.8, 4) is 11.8 Å². The quantitative estimate of drug-likeness (QED) is 0.362. The fourth-order valence-electron chi connectivity index (χ4n) is 2.34. The van der Waals surface area contributed by atoms with Gasteiger partial charge < -0.3 is 4.74 Å². The average molecular weight is 517 g/mol. The number of alkyl halides is 6. The predicted molar refractivity (Wildman–Crippen MR) is 101 cm³/mol. The smallest absolute Gasteiger partial charge is 0.492 e. The molecule has 0 aliphatic carbocycles.